The predicted octanol–water partition coefficient (Wildman–Crippen LogP) is 1.28. The molecule has 0 unspecified atom stereocenters. The molecule has 3 N–H and O–H groups in total. The van der Waals surface area contributed by atoms with E-state index in [0.717, 1.165) is 0 Å². The lowest BCUT2D eigenvalue weighted by Gasteiger charge is -2.14. The van der Waals surface area contributed by atoms with Gasteiger partial charge in [0.05, 0.1) is 0 Å². The molecule has 1 heterocycles. The minimum Gasteiger partial charge on any atom is -0.481 e. The van der Waals surface area contributed by atoms with Gasteiger partial charge in [-0.05, 0) is 40.9 Å². The summed E-state index contributed by atoms with van der Waals surface area (Å²) < 4.78 is 0.461. The highest BCUT2D eigenvalue weighted by molar-refractivity contribution is 9.10. The maximum atomic E-state index is 11.9. The number of aromatic nitrogens is 1. The molecule has 8 heteroatoms. The fraction of sp³-hybridized carbons (Fsp3) is 0.333. The van der Waals surface area contributed by atoms with Crippen molar-refractivity contribution in [3.8, 4) is 0 Å². The van der Waals surface area contributed by atoms with Gasteiger partial charge in [-0.15, -0.1) is 0 Å². The number of hydrogen-bond donors (Lipinski definition) is 3. The Morgan fingerprint density at radius 2 is 2.05 bits per heavy atom. The number of carboxylic acids is 2. The summed E-state index contributed by atoms with van der Waals surface area (Å²) in [5.74, 6) is -2.74. The number of pyridine rings is 1. The number of nitrogens with one attached hydrogen (secondary N) is 1. The van der Waals surface area contributed by atoms with Crippen LogP contribution in [-0.2, 0) is 9.59 Å². The summed E-state index contributed by atoms with van der Waals surface area (Å²) in [5.41, 5.74) is 0.274. The van der Waals surface area contributed by atoms with Crippen molar-refractivity contribution in [2.24, 2.45) is 0 Å². The number of hydrogen-bond acceptors (Lipinski definition) is 4. The van der Waals surface area contributed by atoms with Crippen LogP contribution in [0, 0.1) is 0 Å². The van der Waals surface area contributed by atoms with Crippen LogP contribution in [0.3, 0.4) is 0 Å². The monoisotopic (exact) mass is 344 g/mol. The fourth-order valence-electron chi connectivity index (χ4n) is 1.50. The van der Waals surface area contributed by atoms with Crippen molar-refractivity contribution < 1.29 is 24.6 Å². The number of amides is 1. The van der Waals surface area contributed by atoms with Crippen LogP contribution in [0.4, 0.5) is 0 Å². The molecule has 0 aliphatic rings. The number of carbonyl (C=O) groups is 3. The Morgan fingerprint density at radius 1 is 1.35 bits per heavy atom. The summed E-state index contributed by atoms with van der Waals surface area (Å²) in [6.45, 7) is 0. The lowest BCUT2D eigenvalue weighted by molar-refractivity contribution is -0.140. The average Bonchev–Trinajstić information content (AvgIpc) is 2.36. The number of rotatable bonds is 7. The van der Waals surface area contributed by atoms with Crippen LogP contribution < -0.4 is 5.32 Å². The maximum Gasteiger partial charge on any atom is 0.326 e. The van der Waals surface area contributed by atoms with E-state index in [2.05, 4.69) is 26.2 Å². The second-order valence-corrected chi connectivity index (χ2v) is 4.83. The molecule has 0 aliphatic carbocycles. The lowest BCUT2D eigenvalue weighted by Crippen LogP contribution is -2.40. The van der Waals surface area contributed by atoms with E-state index in [-0.39, 0.29) is 24.8 Å². The highest BCUT2D eigenvalue weighted by Gasteiger charge is 2.20. The Kier molecular flexibility index (Phi) is 6.10. The molecule has 0 aromatic carbocycles. The third kappa shape index (κ3) is 5.35. The van der Waals surface area contributed by atoms with E-state index in [1.807, 2.05) is 0 Å². The molecule has 1 aromatic heterocycles. The van der Waals surface area contributed by atoms with Gasteiger partial charge in [0, 0.05) is 18.2 Å². The molecule has 1 amide bonds. The average molecular weight is 345 g/mol. The molecule has 108 valence electrons. The molecule has 1 rings (SSSR count). The topological polar surface area (TPSA) is 117 Å². The fourth-order valence-corrected chi connectivity index (χ4v) is 1.86. The number of carbonyl (C=O) groups excluding carboxylic acids is 1. The molecular formula is C12H13BrN2O5. The highest BCUT2D eigenvalue weighted by atomic mass is 79.9. The largest absolute Gasteiger partial charge is 0.481 e. The molecule has 20 heavy (non-hydrogen) atoms. The molecule has 0 saturated carbocycles. The zero-order valence-corrected chi connectivity index (χ0v) is 12.0. The molecule has 0 radical (unpaired) electrons. The summed E-state index contributed by atoms with van der Waals surface area (Å²) in [6.07, 6.45) is 1.51. The zero-order valence-electron chi connectivity index (χ0n) is 10.4. The van der Waals surface area contributed by atoms with E-state index in [0.29, 0.717) is 4.60 Å². The Labute approximate surface area is 123 Å². The molecule has 0 spiro atoms. The minimum absolute atomic E-state index is 0.0552. The van der Waals surface area contributed by atoms with E-state index in [4.69, 9.17) is 10.2 Å². The first-order chi connectivity index (χ1) is 9.40. The van der Waals surface area contributed by atoms with Crippen LogP contribution in [0.2, 0.25) is 0 Å². The summed E-state index contributed by atoms with van der Waals surface area (Å²) >= 11 is 3.11. The van der Waals surface area contributed by atoms with Crippen LogP contribution in [0.25, 0.3) is 0 Å². The van der Waals surface area contributed by atoms with Gasteiger partial charge in [-0.1, -0.05) is 0 Å². The Hall–Kier alpha value is -1.96. The first-order valence-corrected chi connectivity index (χ1v) is 6.56. The first-order valence-electron chi connectivity index (χ1n) is 5.77. The van der Waals surface area contributed by atoms with E-state index >= 15 is 0 Å². The third-order valence-electron chi connectivity index (χ3n) is 2.48. The van der Waals surface area contributed by atoms with Gasteiger partial charge in [-0.2, -0.15) is 0 Å². The molecule has 1 atom stereocenters. The Morgan fingerprint density at radius 3 is 2.60 bits per heavy atom. The van der Waals surface area contributed by atoms with Gasteiger partial charge in [0.25, 0.3) is 5.91 Å². The van der Waals surface area contributed by atoms with Gasteiger partial charge in [0.1, 0.15) is 10.6 Å². The van der Waals surface area contributed by atoms with E-state index in [9.17, 15) is 14.4 Å². The maximum absolute atomic E-state index is 11.9. The molecular weight excluding hydrogens is 332 g/mol. The molecule has 0 aliphatic heterocycles. The van der Waals surface area contributed by atoms with Crippen LogP contribution in [-0.4, -0.2) is 39.1 Å². The van der Waals surface area contributed by atoms with Crippen molar-refractivity contribution in [1.29, 1.82) is 0 Å². The van der Waals surface area contributed by atoms with Crippen molar-refractivity contribution in [1.82, 2.24) is 10.3 Å². The third-order valence-corrected chi connectivity index (χ3v) is 2.91. The van der Waals surface area contributed by atoms with Crippen LogP contribution in [0.1, 0.15) is 29.6 Å². The number of aliphatic carboxylic acids is 2. The second-order valence-electron chi connectivity index (χ2n) is 4.02. The van der Waals surface area contributed by atoms with Gasteiger partial charge in [-0.3, -0.25) is 9.59 Å². The van der Waals surface area contributed by atoms with Gasteiger partial charge in [0.15, 0.2) is 0 Å². The quantitative estimate of drug-likeness (QED) is 0.641. The van der Waals surface area contributed by atoms with E-state index in [1.54, 1.807) is 0 Å². The molecule has 7 nitrogen and oxygen atoms in total. The minimum atomic E-state index is -1.20. The number of nitrogens with zero attached hydrogens (tertiary/aromatic N) is 1. The van der Waals surface area contributed by atoms with Gasteiger partial charge in [-0.25, -0.2) is 9.78 Å². The number of carboxylic acid groups (broad SMARTS) is 2. The Balaban J connectivity index is 2.63. The van der Waals surface area contributed by atoms with Gasteiger partial charge < -0.3 is 15.5 Å². The van der Waals surface area contributed by atoms with Crippen molar-refractivity contribution in [2.45, 2.75) is 25.3 Å². The van der Waals surface area contributed by atoms with Gasteiger partial charge >= 0.3 is 11.9 Å². The van der Waals surface area contributed by atoms with Crippen molar-refractivity contribution in [3.63, 3.8) is 0 Å². The summed E-state index contributed by atoms with van der Waals surface area (Å²) in [7, 11) is 0. The number of halogens is 1. The van der Waals surface area contributed by atoms with Crippen molar-refractivity contribution in [2.75, 3.05) is 0 Å². The SMILES string of the molecule is O=C(O)CCC[C@@H](NC(=O)c1ccnc(Br)c1)C(=O)O. The standard InChI is InChI=1S/C12H13BrN2O5/c13-9-6-7(4-5-14-9)11(18)15-8(12(19)20)2-1-3-10(16)17/h4-6,8H,1-3H2,(H,15,18)(H,16,17)(H,19,20)/t8-/m1/s1. The van der Waals surface area contributed by atoms with Crippen LogP contribution >= 0.6 is 15.9 Å². The van der Waals surface area contributed by atoms with Crippen molar-refractivity contribution >= 4 is 33.8 Å². The summed E-state index contributed by atoms with van der Waals surface area (Å²) in [5, 5.41) is 19.9. The van der Waals surface area contributed by atoms with Crippen LogP contribution in [0.15, 0.2) is 22.9 Å². The Bertz CT molecular complexity index is 520. The molecule has 1 aromatic rings. The smallest absolute Gasteiger partial charge is 0.326 e. The van der Waals surface area contributed by atoms with Crippen LogP contribution in [0.5, 0.6) is 0 Å². The second kappa shape index (κ2) is 7.59. The first kappa shape index (κ1) is 16.1. The molecule has 0 fully saturated rings. The zero-order chi connectivity index (χ0) is 15.1. The van der Waals surface area contributed by atoms with Gasteiger partial charge in [0.2, 0.25) is 0 Å². The molecule has 0 bridgehead atoms. The lowest BCUT2D eigenvalue weighted by atomic mass is 10.1. The molecule has 0 saturated heterocycles. The van der Waals surface area contributed by atoms with Crippen molar-refractivity contribution in [3.05, 3.63) is 28.5 Å². The van der Waals surface area contributed by atoms with E-state index in [1.165, 1.54) is 18.3 Å². The predicted molar refractivity (Wildman–Crippen MR) is 72.3 cm³/mol. The van der Waals surface area contributed by atoms with E-state index < -0.39 is 23.9 Å². The summed E-state index contributed by atoms with van der Waals surface area (Å²) in [6, 6.07) is 1.80. The summed E-state index contributed by atoms with van der Waals surface area (Å²) in [4.78, 5) is 37.1. The highest BCUT2D eigenvalue weighted by Crippen LogP contribution is 2.09. The normalized spacial score (nSPS) is 11.7.